The van der Waals surface area contributed by atoms with Crippen molar-refractivity contribution < 1.29 is 4.39 Å². The second-order valence-corrected chi connectivity index (χ2v) is 5.20. The summed E-state index contributed by atoms with van der Waals surface area (Å²) in [5.74, 6) is 0.948. The first-order valence-electron chi connectivity index (χ1n) is 6.03. The Kier molecular flexibility index (Phi) is 3.02. The molecule has 0 heterocycles. The van der Waals surface area contributed by atoms with Gasteiger partial charge in [-0.25, -0.2) is 4.39 Å². The van der Waals surface area contributed by atoms with Gasteiger partial charge in [-0.2, -0.15) is 0 Å². The van der Waals surface area contributed by atoms with Gasteiger partial charge < -0.3 is 5.73 Å². The molecule has 1 aliphatic carbocycles. The van der Waals surface area contributed by atoms with E-state index in [1.807, 2.05) is 19.9 Å². The van der Waals surface area contributed by atoms with Gasteiger partial charge in [-0.15, -0.1) is 0 Å². The predicted octanol–water partition coefficient (Wildman–Crippen LogP) is 3.49. The van der Waals surface area contributed by atoms with Crippen LogP contribution in [0.4, 0.5) is 4.39 Å². The Morgan fingerprint density at radius 1 is 1.31 bits per heavy atom. The number of hydrogen-bond acceptors (Lipinski definition) is 1. The molecule has 2 rings (SSSR count). The van der Waals surface area contributed by atoms with Crippen LogP contribution in [0.3, 0.4) is 0 Å². The van der Waals surface area contributed by atoms with Crippen LogP contribution in [0.15, 0.2) is 12.1 Å². The average Bonchev–Trinajstić information content (AvgIpc) is 2.97. The van der Waals surface area contributed by atoms with E-state index in [1.54, 1.807) is 6.07 Å². The molecule has 16 heavy (non-hydrogen) atoms. The molecule has 88 valence electrons. The number of halogens is 1. The minimum absolute atomic E-state index is 0.141. The van der Waals surface area contributed by atoms with Crippen molar-refractivity contribution in [2.45, 2.75) is 39.7 Å². The zero-order valence-electron chi connectivity index (χ0n) is 10.3. The molecule has 1 fully saturated rings. The molecule has 0 spiro atoms. The van der Waals surface area contributed by atoms with Crippen molar-refractivity contribution in [3.63, 3.8) is 0 Å². The Morgan fingerprint density at radius 3 is 2.44 bits per heavy atom. The highest BCUT2D eigenvalue weighted by atomic mass is 19.1. The van der Waals surface area contributed by atoms with Crippen LogP contribution in [0, 0.1) is 31.5 Å². The van der Waals surface area contributed by atoms with Gasteiger partial charge in [0.25, 0.3) is 0 Å². The van der Waals surface area contributed by atoms with Crippen molar-refractivity contribution in [3.05, 3.63) is 34.6 Å². The SMILES string of the molecule is Cc1cc(C)c(C(N)C(C)C2CC2)c(F)c1. The van der Waals surface area contributed by atoms with Crippen molar-refractivity contribution in [2.75, 3.05) is 0 Å². The van der Waals surface area contributed by atoms with E-state index < -0.39 is 0 Å². The van der Waals surface area contributed by atoms with Crippen LogP contribution >= 0.6 is 0 Å². The Labute approximate surface area is 96.9 Å². The maximum Gasteiger partial charge on any atom is 0.128 e. The smallest absolute Gasteiger partial charge is 0.128 e. The van der Waals surface area contributed by atoms with E-state index in [0.717, 1.165) is 11.1 Å². The van der Waals surface area contributed by atoms with Gasteiger partial charge in [-0.05, 0) is 55.7 Å². The molecule has 0 bridgehead atoms. The third-order valence-electron chi connectivity index (χ3n) is 3.75. The molecule has 0 aliphatic heterocycles. The molecule has 2 atom stereocenters. The Hall–Kier alpha value is -0.890. The molecule has 1 saturated carbocycles. The van der Waals surface area contributed by atoms with Gasteiger partial charge in [0.05, 0.1) is 0 Å². The number of nitrogens with two attached hydrogens (primary N) is 1. The molecule has 1 aromatic rings. The van der Waals surface area contributed by atoms with E-state index in [9.17, 15) is 4.39 Å². The fourth-order valence-electron chi connectivity index (χ4n) is 2.53. The third-order valence-corrected chi connectivity index (χ3v) is 3.75. The first-order chi connectivity index (χ1) is 7.50. The van der Waals surface area contributed by atoms with Crippen LogP contribution in [0.2, 0.25) is 0 Å². The molecule has 0 saturated heterocycles. The monoisotopic (exact) mass is 221 g/mol. The summed E-state index contributed by atoms with van der Waals surface area (Å²) >= 11 is 0. The van der Waals surface area contributed by atoms with Gasteiger partial charge in [0.15, 0.2) is 0 Å². The summed E-state index contributed by atoms with van der Waals surface area (Å²) in [6.45, 7) is 6.00. The Morgan fingerprint density at radius 2 is 1.94 bits per heavy atom. The lowest BCUT2D eigenvalue weighted by Crippen LogP contribution is -2.23. The lowest BCUT2D eigenvalue weighted by atomic mass is 9.88. The van der Waals surface area contributed by atoms with Crippen LogP contribution in [-0.2, 0) is 0 Å². The van der Waals surface area contributed by atoms with Crippen molar-refractivity contribution in [3.8, 4) is 0 Å². The molecule has 1 nitrogen and oxygen atoms in total. The van der Waals surface area contributed by atoms with Gasteiger partial charge in [0, 0.05) is 11.6 Å². The van der Waals surface area contributed by atoms with Gasteiger partial charge in [-0.3, -0.25) is 0 Å². The average molecular weight is 221 g/mol. The van der Waals surface area contributed by atoms with E-state index in [-0.39, 0.29) is 11.9 Å². The number of benzene rings is 1. The maximum atomic E-state index is 13.9. The van der Waals surface area contributed by atoms with Crippen molar-refractivity contribution >= 4 is 0 Å². The normalized spacial score (nSPS) is 19.6. The quantitative estimate of drug-likeness (QED) is 0.830. The van der Waals surface area contributed by atoms with E-state index >= 15 is 0 Å². The maximum absolute atomic E-state index is 13.9. The molecule has 2 N–H and O–H groups in total. The lowest BCUT2D eigenvalue weighted by Gasteiger charge is -2.22. The third kappa shape index (κ3) is 2.12. The van der Waals surface area contributed by atoms with E-state index in [1.165, 1.54) is 12.8 Å². The topological polar surface area (TPSA) is 26.0 Å². The molecule has 0 amide bonds. The summed E-state index contributed by atoms with van der Waals surface area (Å²) in [6.07, 6.45) is 2.50. The van der Waals surface area contributed by atoms with Crippen LogP contribution < -0.4 is 5.73 Å². The molecule has 0 radical (unpaired) electrons. The van der Waals surface area contributed by atoms with Crippen LogP contribution in [-0.4, -0.2) is 0 Å². The molecule has 0 aromatic heterocycles. The first-order valence-corrected chi connectivity index (χ1v) is 6.03. The number of rotatable bonds is 3. The summed E-state index contributed by atoms with van der Waals surface area (Å²) in [4.78, 5) is 0. The zero-order chi connectivity index (χ0) is 11.9. The fourth-order valence-corrected chi connectivity index (χ4v) is 2.53. The highest BCUT2D eigenvalue weighted by Crippen LogP contribution is 2.42. The molecular formula is C14H20FN. The summed E-state index contributed by atoms with van der Waals surface area (Å²) < 4.78 is 13.9. The van der Waals surface area contributed by atoms with E-state index in [2.05, 4.69) is 6.92 Å². The lowest BCUT2D eigenvalue weighted by molar-refractivity contribution is 0.403. The van der Waals surface area contributed by atoms with E-state index in [4.69, 9.17) is 5.73 Å². The Balaban J connectivity index is 2.31. The molecule has 2 unspecified atom stereocenters. The second-order valence-electron chi connectivity index (χ2n) is 5.20. The summed E-state index contributed by atoms with van der Waals surface area (Å²) in [6, 6.07) is 3.44. The molecule has 1 aliphatic rings. The van der Waals surface area contributed by atoms with Gasteiger partial charge in [-0.1, -0.05) is 13.0 Å². The Bertz CT molecular complexity index is 373. The van der Waals surface area contributed by atoms with Gasteiger partial charge >= 0.3 is 0 Å². The van der Waals surface area contributed by atoms with Crippen LogP contribution in [0.25, 0.3) is 0 Å². The minimum Gasteiger partial charge on any atom is -0.324 e. The van der Waals surface area contributed by atoms with Crippen molar-refractivity contribution in [2.24, 2.45) is 17.6 Å². The van der Waals surface area contributed by atoms with Gasteiger partial charge in [0.2, 0.25) is 0 Å². The standard InChI is InChI=1S/C14H20FN/c1-8-6-9(2)13(12(15)7-8)14(16)10(3)11-4-5-11/h6-7,10-11,14H,4-5,16H2,1-3H3. The number of aryl methyl sites for hydroxylation is 2. The highest BCUT2D eigenvalue weighted by molar-refractivity contribution is 5.34. The van der Waals surface area contributed by atoms with E-state index in [0.29, 0.717) is 17.4 Å². The fraction of sp³-hybridized carbons (Fsp3) is 0.571. The highest BCUT2D eigenvalue weighted by Gasteiger charge is 2.33. The molecule has 2 heteroatoms. The van der Waals surface area contributed by atoms with Crippen LogP contribution in [0.5, 0.6) is 0 Å². The predicted molar refractivity (Wildman–Crippen MR) is 64.7 cm³/mol. The largest absolute Gasteiger partial charge is 0.324 e. The summed E-state index contributed by atoms with van der Waals surface area (Å²) in [7, 11) is 0. The first kappa shape index (κ1) is 11.6. The summed E-state index contributed by atoms with van der Waals surface area (Å²) in [5, 5.41) is 0. The number of hydrogen-bond donors (Lipinski definition) is 1. The second kappa shape index (κ2) is 4.17. The van der Waals surface area contributed by atoms with Crippen molar-refractivity contribution in [1.82, 2.24) is 0 Å². The minimum atomic E-state index is -0.159. The van der Waals surface area contributed by atoms with Crippen molar-refractivity contribution in [1.29, 1.82) is 0 Å². The van der Waals surface area contributed by atoms with Gasteiger partial charge in [0.1, 0.15) is 5.82 Å². The zero-order valence-corrected chi connectivity index (χ0v) is 10.3. The summed E-state index contributed by atoms with van der Waals surface area (Å²) in [5.41, 5.74) is 8.85. The van der Waals surface area contributed by atoms with Crippen LogP contribution in [0.1, 0.15) is 42.5 Å². The molecular weight excluding hydrogens is 201 g/mol. The molecule has 1 aromatic carbocycles.